The molecule has 0 amide bonds. The molecule has 4 nitrogen and oxygen atoms in total. The number of benzene rings is 4. The number of phenolic OH excluding ortho intramolecular Hbond substituents is 1. The monoisotopic (exact) mass is 349 g/mol. The minimum Gasteiger partial charge on any atom is -0.508 e. The van der Waals surface area contributed by atoms with E-state index in [9.17, 15) is 13.5 Å². The Hall–Kier alpha value is -3.05. The van der Waals surface area contributed by atoms with Crippen molar-refractivity contribution in [1.29, 1.82) is 0 Å². The Labute approximate surface area is 145 Å². The van der Waals surface area contributed by atoms with Gasteiger partial charge in [0.05, 0.1) is 10.6 Å². The molecule has 0 heterocycles. The summed E-state index contributed by atoms with van der Waals surface area (Å²) >= 11 is 0. The van der Waals surface area contributed by atoms with E-state index in [1.165, 1.54) is 0 Å². The quantitative estimate of drug-likeness (QED) is 0.572. The zero-order chi connectivity index (χ0) is 17.4. The number of phenols is 1. The maximum absolute atomic E-state index is 12.8. The standard InChI is InChI=1S/C20H15NO3S/c22-17-10-8-15-6-3-7-20(19(15)13-17)21-25(23,24)18-11-9-14-4-1-2-5-16(14)12-18/h1-13,21-22H. The molecular formula is C20H15NO3S. The summed E-state index contributed by atoms with van der Waals surface area (Å²) < 4.78 is 28.2. The van der Waals surface area contributed by atoms with Gasteiger partial charge in [0.15, 0.2) is 0 Å². The highest BCUT2D eigenvalue weighted by Crippen LogP contribution is 2.29. The van der Waals surface area contributed by atoms with Crippen LogP contribution in [0.5, 0.6) is 5.75 Å². The molecule has 0 aromatic heterocycles. The lowest BCUT2D eigenvalue weighted by molar-refractivity contribution is 0.476. The number of nitrogens with one attached hydrogen (secondary N) is 1. The third-order valence-electron chi connectivity index (χ3n) is 4.14. The van der Waals surface area contributed by atoms with Crippen molar-refractivity contribution in [1.82, 2.24) is 0 Å². The van der Waals surface area contributed by atoms with Gasteiger partial charge in [-0.25, -0.2) is 8.42 Å². The van der Waals surface area contributed by atoms with Crippen LogP contribution in [0.1, 0.15) is 0 Å². The lowest BCUT2D eigenvalue weighted by atomic mass is 10.1. The second-order valence-electron chi connectivity index (χ2n) is 5.83. The van der Waals surface area contributed by atoms with Crippen molar-refractivity contribution in [2.75, 3.05) is 4.72 Å². The predicted molar refractivity (Wildman–Crippen MR) is 100 cm³/mol. The van der Waals surface area contributed by atoms with Gasteiger partial charge in [-0.15, -0.1) is 0 Å². The van der Waals surface area contributed by atoms with Crippen LogP contribution in [0.2, 0.25) is 0 Å². The van der Waals surface area contributed by atoms with Crippen molar-refractivity contribution in [3.63, 3.8) is 0 Å². The lowest BCUT2D eigenvalue weighted by Crippen LogP contribution is -2.13. The zero-order valence-corrected chi connectivity index (χ0v) is 14.0. The molecule has 4 rings (SSSR count). The van der Waals surface area contributed by atoms with Crippen LogP contribution >= 0.6 is 0 Å². The van der Waals surface area contributed by atoms with Crippen molar-refractivity contribution >= 4 is 37.3 Å². The molecule has 0 atom stereocenters. The van der Waals surface area contributed by atoms with Gasteiger partial charge in [-0.2, -0.15) is 0 Å². The molecule has 0 aliphatic heterocycles. The molecule has 4 aromatic rings. The highest BCUT2D eigenvalue weighted by Gasteiger charge is 2.16. The van der Waals surface area contributed by atoms with E-state index in [2.05, 4.69) is 4.72 Å². The zero-order valence-electron chi connectivity index (χ0n) is 13.2. The smallest absolute Gasteiger partial charge is 0.261 e. The molecule has 0 bridgehead atoms. The minimum atomic E-state index is -3.74. The van der Waals surface area contributed by atoms with Crippen molar-refractivity contribution in [3.05, 3.63) is 78.9 Å². The molecule has 124 valence electrons. The van der Waals surface area contributed by atoms with Gasteiger partial charge in [-0.3, -0.25) is 4.72 Å². The first-order valence-electron chi connectivity index (χ1n) is 7.76. The molecule has 0 spiro atoms. The summed E-state index contributed by atoms with van der Waals surface area (Å²) in [5.41, 5.74) is 0.432. The normalized spacial score (nSPS) is 11.7. The van der Waals surface area contributed by atoms with Gasteiger partial charge in [0.25, 0.3) is 10.0 Å². The van der Waals surface area contributed by atoms with E-state index >= 15 is 0 Å². The fourth-order valence-electron chi connectivity index (χ4n) is 2.89. The van der Waals surface area contributed by atoms with Gasteiger partial charge in [0.1, 0.15) is 5.75 Å². The van der Waals surface area contributed by atoms with Crippen LogP contribution in [0.3, 0.4) is 0 Å². The fourth-order valence-corrected chi connectivity index (χ4v) is 4.00. The number of fused-ring (bicyclic) bond motifs is 2. The summed E-state index contributed by atoms with van der Waals surface area (Å²) in [6.45, 7) is 0. The van der Waals surface area contributed by atoms with E-state index in [1.54, 1.807) is 48.5 Å². The van der Waals surface area contributed by atoms with E-state index in [-0.39, 0.29) is 10.6 Å². The van der Waals surface area contributed by atoms with Crippen LogP contribution in [0.15, 0.2) is 83.8 Å². The van der Waals surface area contributed by atoms with E-state index in [0.29, 0.717) is 11.1 Å². The number of rotatable bonds is 3. The van der Waals surface area contributed by atoms with Crippen molar-refractivity contribution in [2.45, 2.75) is 4.90 Å². The molecule has 0 fully saturated rings. The molecule has 0 aliphatic carbocycles. The second kappa shape index (κ2) is 5.79. The Morgan fingerprint density at radius 2 is 1.44 bits per heavy atom. The van der Waals surface area contributed by atoms with Crippen LogP contribution < -0.4 is 4.72 Å². The van der Waals surface area contributed by atoms with Crippen LogP contribution in [-0.4, -0.2) is 13.5 Å². The number of hydrogen-bond acceptors (Lipinski definition) is 3. The van der Waals surface area contributed by atoms with Gasteiger partial charge in [0, 0.05) is 5.39 Å². The molecule has 0 aliphatic rings. The maximum atomic E-state index is 12.8. The molecule has 2 N–H and O–H groups in total. The van der Waals surface area contributed by atoms with E-state index in [1.807, 2.05) is 30.3 Å². The van der Waals surface area contributed by atoms with Crippen molar-refractivity contribution in [3.8, 4) is 5.75 Å². The fraction of sp³-hybridized carbons (Fsp3) is 0. The SMILES string of the molecule is O=S(=O)(Nc1cccc2ccc(O)cc12)c1ccc2ccccc2c1. The summed E-state index contributed by atoms with van der Waals surface area (Å²) in [7, 11) is -3.74. The molecule has 0 saturated carbocycles. The Kier molecular flexibility index (Phi) is 3.58. The third-order valence-corrected chi connectivity index (χ3v) is 5.50. The predicted octanol–water partition coefficient (Wildman–Crippen LogP) is 4.50. The Bertz CT molecular complexity index is 1200. The highest BCUT2D eigenvalue weighted by atomic mass is 32.2. The molecule has 0 saturated heterocycles. The Morgan fingerprint density at radius 3 is 2.28 bits per heavy atom. The minimum absolute atomic E-state index is 0.0878. The van der Waals surface area contributed by atoms with Gasteiger partial charge >= 0.3 is 0 Å². The summed E-state index contributed by atoms with van der Waals surface area (Å²) in [4.78, 5) is 0.198. The molecule has 25 heavy (non-hydrogen) atoms. The van der Waals surface area contributed by atoms with E-state index in [0.717, 1.165) is 16.2 Å². The first kappa shape index (κ1) is 15.5. The number of aromatic hydroxyl groups is 1. The number of sulfonamides is 1. The average Bonchev–Trinajstić information content (AvgIpc) is 2.61. The Balaban J connectivity index is 1.79. The Morgan fingerprint density at radius 1 is 0.720 bits per heavy atom. The molecule has 5 heteroatoms. The number of anilines is 1. The molecule has 0 unspecified atom stereocenters. The molecule has 4 aromatic carbocycles. The average molecular weight is 349 g/mol. The summed E-state index contributed by atoms with van der Waals surface area (Å²) in [5, 5.41) is 13.0. The first-order valence-corrected chi connectivity index (χ1v) is 9.25. The van der Waals surface area contributed by atoms with Crippen LogP contribution in [0.25, 0.3) is 21.5 Å². The second-order valence-corrected chi connectivity index (χ2v) is 7.51. The molecule has 0 radical (unpaired) electrons. The topological polar surface area (TPSA) is 66.4 Å². The molecular weight excluding hydrogens is 334 g/mol. The van der Waals surface area contributed by atoms with Crippen LogP contribution in [-0.2, 0) is 10.0 Å². The summed E-state index contributed by atoms with van der Waals surface area (Å²) in [6.07, 6.45) is 0. The maximum Gasteiger partial charge on any atom is 0.261 e. The van der Waals surface area contributed by atoms with Gasteiger partial charge in [0.2, 0.25) is 0 Å². The van der Waals surface area contributed by atoms with Crippen molar-refractivity contribution in [2.24, 2.45) is 0 Å². The van der Waals surface area contributed by atoms with Crippen LogP contribution in [0, 0.1) is 0 Å². The van der Waals surface area contributed by atoms with Gasteiger partial charge in [-0.1, -0.05) is 48.5 Å². The lowest BCUT2D eigenvalue weighted by Gasteiger charge is -2.11. The largest absolute Gasteiger partial charge is 0.508 e. The van der Waals surface area contributed by atoms with Crippen molar-refractivity contribution < 1.29 is 13.5 Å². The van der Waals surface area contributed by atoms with E-state index < -0.39 is 10.0 Å². The summed E-state index contributed by atoms with van der Waals surface area (Å²) in [5.74, 6) is 0.0878. The number of hydrogen-bond donors (Lipinski definition) is 2. The van der Waals surface area contributed by atoms with Gasteiger partial charge < -0.3 is 5.11 Å². The third kappa shape index (κ3) is 2.90. The summed E-state index contributed by atoms with van der Waals surface area (Å²) in [6, 6.07) is 22.8. The first-order chi connectivity index (χ1) is 12.0. The highest BCUT2D eigenvalue weighted by molar-refractivity contribution is 7.92. The van der Waals surface area contributed by atoms with Crippen LogP contribution in [0.4, 0.5) is 5.69 Å². The van der Waals surface area contributed by atoms with Gasteiger partial charge in [-0.05, 0) is 46.5 Å². The van der Waals surface area contributed by atoms with E-state index in [4.69, 9.17) is 0 Å².